The maximum absolute atomic E-state index is 13.9. The SMILES string of the molecule is O=C(O)Cc1ccc(NC(=O)NCc2nccn2-c2cc3cc(C(=O)O)c(=O)[nH]c3cc2C(F)(F)F)cc1. The quantitative estimate of drug-likeness (QED) is 0.245. The van der Waals surface area contributed by atoms with E-state index in [2.05, 4.69) is 20.6 Å². The second-order valence-electron chi connectivity index (χ2n) is 8.06. The second kappa shape index (κ2) is 10.1. The largest absolute Gasteiger partial charge is 0.481 e. The Kier molecular flexibility index (Phi) is 6.88. The Morgan fingerprint density at radius 1 is 1.05 bits per heavy atom. The molecule has 2 heterocycles. The number of H-pyrrole nitrogens is 1. The second-order valence-corrected chi connectivity index (χ2v) is 8.06. The molecule has 0 fully saturated rings. The standard InChI is InChI=1S/C24H18F3N5O6/c25-24(26,27)16-10-17-13(8-15(22(36)37)21(35)31-17)9-18(16)32-6-5-28-19(32)11-29-23(38)30-14-3-1-12(2-4-14)7-20(33)34/h1-6,8-10H,7,11H2,(H,31,35)(H,33,34)(H,36,37)(H2,29,30,38). The van der Waals surface area contributed by atoms with Gasteiger partial charge in [-0.3, -0.25) is 9.59 Å². The third kappa shape index (κ3) is 5.64. The van der Waals surface area contributed by atoms with Crippen molar-refractivity contribution < 1.29 is 37.8 Å². The summed E-state index contributed by atoms with van der Waals surface area (Å²) in [6, 6.07) is 8.11. The Bertz CT molecular complexity index is 1610. The van der Waals surface area contributed by atoms with Crippen molar-refractivity contribution in [2.75, 3.05) is 5.32 Å². The number of carboxylic acids is 2. The van der Waals surface area contributed by atoms with E-state index in [4.69, 9.17) is 5.11 Å². The highest BCUT2D eigenvalue weighted by molar-refractivity contribution is 5.93. The first kappa shape index (κ1) is 25.9. The molecule has 38 heavy (non-hydrogen) atoms. The van der Waals surface area contributed by atoms with Gasteiger partial charge in [0, 0.05) is 29.0 Å². The number of amides is 2. The number of nitrogens with one attached hydrogen (secondary N) is 3. The number of nitrogens with zero attached hydrogens (tertiary/aromatic N) is 2. The molecule has 0 saturated carbocycles. The number of urea groups is 1. The summed E-state index contributed by atoms with van der Waals surface area (Å²) >= 11 is 0. The maximum atomic E-state index is 13.9. The lowest BCUT2D eigenvalue weighted by atomic mass is 10.1. The molecule has 0 aliphatic heterocycles. The van der Waals surface area contributed by atoms with E-state index in [0.29, 0.717) is 17.3 Å². The predicted molar refractivity (Wildman–Crippen MR) is 127 cm³/mol. The number of alkyl halides is 3. The lowest BCUT2D eigenvalue weighted by Gasteiger charge is -2.17. The fourth-order valence-electron chi connectivity index (χ4n) is 3.73. The van der Waals surface area contributed by atoms with Gasteiger partial charge in [0.05, 0.1) is 24.2 Å². The Balaban J connectivity index is 1.60. The Morgan fingerprint density at radius 2 is 1.76 bits per heavy atom. The number of rotatable bonds is 7. The molecule has 196 valence electrons. The number of pyridine rings is 1. The van der Waals surface area contributed by atoms with Crippen LogP contribution >= 0.6 is 0 Å². The number of hydrogen-bond donors (Lipinski definition) is 5. The van der Waals surface area contributed by atoms with Gasteiger partial charge in [0.1, 0.15) is 11.4 Å². The summed E-state index contributed by atoms with van der Waals surface area (Å²) in [5, 5.41) is 23.1. The van der Waals surface area contributed by atoms with E-state index in [-0.39, 0.29) is 29.7 Å². The number of aromatic carboxylic acids is 1. The number of benzene rings is 2. The Labute approximate surface area is 210 Å². The topological polar surface area (TPSA) is 166 Å². The lowest BCUT2D eigenvalue weighted by molar-refractivity contribution is -0.137. The number of aromatic amines is 1. The summed E-state index contributed by atoms with van der Waals surface area (Å²) in [5.41, 5.74) is -2.50. The van der Waals surface area contributed by atoms with Crippen molar-refractivity contribution in [2.45, 2.75) is 19.1 Å². The van der Waals surface area contributed by atoms with E-state index in [1.54, 1.807) is 0 Å². The minimum absolute atomic E-state index is 0.0321. The molecule has 2 aromatic heterocycles. The number of anilines is 1. The molecule has 4 aromatic rings. The maximum Gasteiger partial charge on any atom is 0.418 e. The first-order chi connectivity index (χ1) is 17.9. The molecule has 0 aliphatic carbocycles. The summed E-state index contributed by atoms with van der Waals surface area (Å²) in [7, 11) is 0. The van der Waals surface area contributed by atoms with Gasteiger partial charge in [-0.2, -0.15) is 13.2 Å². The van der Waals surface area contributed by atoms with Crippen LogP contribution in [0.3, 0.4) is 0 Å². The van der Waals surface area contributed by atoms with Crippen LogP contribution in [-0.2, 0) is 23.9 Å². The van der Waals surface area contributed by atoms with Gasteiger partial charge in [0.15, 0.2) is 0 Å². The normalized spacial score (nSPS) is 11.3. The van der Waals surface area contributed by atoms with Crippen LogP contribution < -0.4 is 16.2 Å². The molecule has 0 radical (unpaired) electrons. The first-order valence-electron chi connectivity index (χ1n) is 10.8. The zero-order valence-electron chi connectivity index (χ0n) is 19.2. The van der Waals surface area contributed by atoms with Gasteiger partial charge in [-0.05, 0) is 35.9 Å². The Hall–Kier alpha value is -5.14. The number of carboxylic acid groups (broad SMARTS) is 2. The number of fused-ring (bicyclic) bond motifs is 1. The van der Waals surface area contributed by atoms with E-state index in [1.165, 1.54) is 36.7 Å². The molecule has 0 bridgehead atoms. The molecule has 0 aliphatic rings. The highest BCUT2D eigenvalue weighted by Crippen LogP contribution is 2.36. The summed E-state index contributed by atoms with van der Waals surface area (Å²) in [6.07, 6.45) is -2.55. The molecule has 0 saturated heterocycles. The van der Waals surface area contributed by atoms with Crippen molar-refractivity contribution in [3.63, 3.8) is 0 Å². The van der Waals surface area contributed by atoms with Gasteiger partial charge in [0.25, 0.3) is 5.56 Å². The summed E-state index contributed by atoms with van der Waals surface area (Å²) < 4.78 is 42.9. The highest BCUT2D eigenvalue weighted by Gasteiger charge is 2.35. The van der Waals surface area contributed by atoms with Crippen molar-refractivity contribution in [2.24, 2.45) is 0 Å². The van der Waals surface area contributed by atoms with Gasteiger partial charge in [-0.1, -0.05) is 12.1 Å². The number of carbonyl (C=O) groups is 3. The fourth-order valence-corrected chi connectivity index (χ4v) is 3.73. The van der Waals surface area contributed by atoms with Crippen molar-refractivity contribution >= 4 is 34.6 Å². The molecule has 4 rings (SSSR count). The first-order valence-corrected chi connectivity index (χ1v) is 10.8. The summed E-state index contributed by atoms with van der Waals surface area (Å²) in [5.74, 6) is -2.51. The van der Waals surface area contributed by atoms with Crippen LogP contribution in [0, 0.1) is 0 Å². The minimum Gasteiger partial charge on any atom is -0.481 e. The summed E-state index contributed by atoms with van der Waals surface area (Å²) in [6.45, 7) is -0.280. The summed E-state index contributed by atoms with van der Waals surface area (Å²) in [4.78, 5) is 52.5. The molecule has 0 unspecified atom stereocenters. The number of imidazole rings is 1. The Morgan fingerprint density at radius 3 is 2.39 bits per heavy atom. The van der Waals surface area contributed by atoms with Crippen LogP contribution in [0.15, 0.2) is 59.7 Å². The molecular weight excluding hydrogens is 511 g/mol. The van der Waals surface area contributed by atoms with Gasteiger partial charge in [-0.15, -0.1) is 0 Å². The van der Waals surface area contributed by atoms with E-state index in [9.17, 15) is 37.5 Å². The average Bonchev–Trinajstić information content (AvgIpc) is 3.30. The fraction of sp³-hybridized carbons (Fsp3) is 0.125. The number of aromatic nitrogens is 3. The van der Waals surface area contributed by atoms with E-state index in [0.717, 1.165) is 16.7 Å². The molecule has 2 aromatic carbocycles. The third-order valence-corrected chi connectivity index (χ3v) is 5.45. The van der Waals surface area contributed by atoms with Crippen molar-refractivity contribution in [1.29, 1.82) is 0 Å². The highest BCUT2D eigenvalue weighted by atomic mass is 19.4. The molecule has 2 amide bonds. The van der Waals surface area contributed by atoms with Crippen molar-refractivity contribution in [1.82, 2.24) is 19.9 Å². The molecule has 0 atom stereocenters. The molecular formula is C24H18F3N5O6. The van der Waals surface area contributed by atoms with Crippen LogP contribution in [0.1, 0.15) is 27.3 Å². The van der Waals surface area contributed by atoms with E-state index < -0.39 is 46.5 Å². The lowest BCUT2D eigenvalue weighted by Crippen LogP contribution is -2.29. The van der Waals surface area contributed by atoms with E-state index >= 15 is 0 Å². The van der Waals surface area contributed by atoms with Gasteiger partial charge < -0.3 is 30.4 Å². The zero-order chi connectivity index (χ0) is 27.6. The number of carbonyl (C=O) groups excluding carboxylic acids is 1. The van der Waals surface area contributed by atoms with Crippen LogP contribution in [-0.4, -0.2) is 42.7 Å². The monoisotopic (exact) mass is 529 g/mol. The predicted octanol–water partition coefficient (Wildman–Crippen LogP) is 3.38. The van der Waals surface area contributed by atoms with Crippen LogP contribution in [0.4, 0.5) is 23.7 Å². The van der Waals surface area contributed by atoms with Crippen LogP contribution in [0.25, 0.3) is 16.6 Å². The number of hydrogen-bond acceptors (Lipinski definition) is 5. The van der Waals surface area contributed by atoms with Crippen LogP contribution in [0.2, 0.25) is 0 Å². The molecule has 0 spiro atoms. The zero-order valence-corrected chi connectivity index (χ0v) is 19.2. The van der Waals surface area contributed by atoms with Gasteiger partial charge in [-0.25, -0.2) is 14.6 Å². The van der Waals surface area contributed by atoms with Crippen molar-refractivity contribution in [3.05, 3.63) is 87.7 Å². The van der Waals surface area contributed by atoms with Gasteiger partial charge >= 0.3 is 24.1 Å². The average molecular weight is 529 g/mol. The number of aliphatic carboxylic acids is 1. The molecule has 14 heteroatoms. The van der Waals surface area contributed by atoms with Crippen LogP contribution in [0.5, 0.6) is 0 Å². The van der Waals surface area contributed by atoms with Crippen molar-refractivity contribution in [3.8, 4) is 5.69 Å². The minimum atomic E-state index is -4.84. The molecule has 11 nitrogen and oxygen atoms in total. The van der Waals surface area contributed by atoms with Gasteiger partial charge in [0.2, 0.25) is 0 Å². The third-order valence-electron chi connectivity index (χ3n) is 5.45. The van der Waals surface area contributed by atoms with E-state index in [1.807, 2.05) is 0 Å². The smallest absolute Gasteiger partial charge is 0.418 e. The molecule has 5 N–H and O–H groups in total. The number of halogens is 3.